The van der Waals surface area contributed by atoms with Crippen LogP contribution in [0.25, 0.3) is 0 Å². The van der Waals surface area contributed by atoms with E-state index >= 15 is 0 Å². The molecule has 1 aromatic carbocycles. The number of hydrogen-bond donors (Lipinski definition) is 0. The Morgan fingerprint density at radius 1 is 1.30 bits per heavy atom. The van der Waals surface area contributed by atoms with Crippen LogP contribution in [-0.4, -0.2) is 29.6 Å². The Morgan fingerprint density at radius 3 is 2.50 bits per heavy atom. The molecule has 0 saturated carbocycles. The van der Waals surface area contributed by atoms with Crippen molar-refractivity contribution in [2.45, 2.75) is 24.9 Å². The van der Waals surface area contributed by atoms with Crippen LogP contribution in [-0.2, 0) is 23.1 Å². The molecule has 1 aromatic heterocycles. The summed E-state index contributed by atoms with van der Waals surface area (Å²) in [4.78, 5) is 0.286. The molecule has 0 aliphatic carbocycles. The van der Waals surface area contributed by atoms with E-state index in [9.17, 15) is 8.42 Å². The van der Waals surface area contributed by atoms with Crippen LogP contribution < -0.4 is 0 Å². The molecule has 2 aromatic rings. The Morgan fingerprint density at radius 2 is 1.95 bits per heavy atom. The first kappa shape index (κ1) is 15.2. The van der Waals surface area contributed by atoms with Crippen molar-refractivity contribution in [1.82, 2.24) is 14.1 Å². The number of hydrogen-bond acceptors (Lipinski definition) is 3. The number of sulfonamides is 1. The normalized spacial score (nSPS) is 12.0. The summed E-state index contributed by atoms with van der Waals surface area (Å²) in [5.41, 5.74) is 0.703. The summed E-state index contributed by atoms with van der Waals surface area (Å²) >= 11 is 3.40. The fourth-order valence-electron chi connectivity index (χ4n) is 1.77. The fraction of sp³-hybridized carbons (Fsp3) is 0.308. The molecule has 0 radical (unpaired) electrons. The Kier molecular flexibility index (Phi) is 4.62. The maximum absolute atomic E-state index is 12.4. The van der Waals surface area contributed by atoms with Crippen molar-refractivity contribution in [2.75, 3.05) is 7.05 Å². The zero-order valence-corrected chi connectivity index (χ0v) is 13.7. The van der Waals surface area contributed by atoms with E-state index in [0.29, 0.717) is 5.69 Å². The van der Waals surface area contributed by atoms with Crippen LogP contribution in [0.2, 0.25) is 0 Å². The topological polar surface area (TPSA) is 55.2 Å². The highest BCUT2D eigenvalue weighted by Gasteiger charge is 2.22. The molecule has 0 atom stereocenters. The third-order valence-corrected chi connectivity index (χ3v) is 5.42. The lowest BCUT2D eigenvalue weighted by Crippen LogP contribution is -2.26. The van der Waals surface area contributed by atoms with Gasteiger partial charge in [0, 0.05) is 19.8 Å². The molecule has 0 saturated heterocycles. The molecule has 7 heteroatoms. The quantitative estimate of drug-likeness (QED) is 0.825. The van der Waals surface area contributed by atoms with Crippen molar-refractivity contribution in [3.05, 3.63) is 46.7 Å². The molecule has 2 rings (SSSR count). The first-order valence-corrected chi connectivity index (χ1v) is 8.41. The molecule has 0 aliphatic heterocycles. The van der Waals surface area contributed by atoms with Gasteiger partial charge < -0.3 is 0 Å². The van der Waals surface area contributed by atoms with Gasteiger partial charge in [-0.2, -0.15) is 9.40 Å². The third kappa shape index (κ3) is 3.11. The largest absolute Gasteiger partial charge is 0.272 e. The highest BCUT2D eigenvalue weighted by atomic mass is 79.9. The average molecular weight is 358 g/mol. The Balaban J connectivity index is 2.23. The predicted molar refractivity (Wildman–Crippen MR) is 80.7 cm³/mol. The van der Waals surface area contributed by atoms with Gasteiger partial charge in [0.05, 0.1) is 21.6 Å². The second kappa shape index (κ2) is 6.07. The number of aromatic nitrogens is 2. The van der Waals surface area contributed by atoms with E-state index in [1.165, 1.54) is 4.31 Å². The lowest BCUT2D eigenvalue weighted by atomic mass is 10.4. The first-order chi connectivity index (χ1) is 9.45. The van der Waals surface area contributed by atoms with Gasteiger partial charge in [-0.05, 0) is 35.0 Å². The molecule has 5 nitrogen and oxygen atoms in total. The monoisotopic (exact) mass is 357 g/mol. The van der Waals surface area contributed by atoms with Crippen LogP contribution in [0.4, 0.5) is 0 Å². The van der Waals surface area contributed by atoms with Crippen LogP contribution in [0.15, 0.2) is 45.9 Å². The lowest BCUT2D eigenvalue weighted by Gasteiger charge is -2.16. The van der Waals surface area contributed by atoms with Crippen molar-refractivity contribution < 1.29 is 8.42 Å². The first-order valence-electron chi connectivity index (χ1n) is 6.18. The zero-order valence-electron chi connectivity index (χ0n) is 11.3. The van der Waals surface area contributed by atoms with Gasteiger partial charge in [-0.1, -0.05) is 18.2 Å². The van der Waals surface area contributed by atoms with E-state index in [1.54, 1.807) is 42.1 Å². The summed E-state index contributed by atoms with van der Waals surface area (Å²) in [7, 11) is -1.93. The SMILES string of the molecule is CCn1cc(Br)c(CN(C)S(=O)(=O)c2ccccc2)n1. The van der Waals surface area contributed by atoms with Gasteiger partial charge >= 0.3 is 0 Å². The molecule has 0 unspecified atom stereocenters. The van der Waals surface area contributed by atoms with Crippen LogP contribution in [0.3, 0.4) is 0 Å². The summed E-state index contributed by atoms with van der Waals surface area (Å²) in [5.74, 6) is 0. The molecule has 0 bridgehead atoms. The highest BCUT2D eigenvalue weighted by molar-refractivity contribution is 9.10. The lowest BCUT2D eigenvalue weighted by molar-refractivity contribution is 0.458. The van der Waals surface area contributed by atoms with Gasteiger partial charge in [-0.25, -0.2) is 8.42 Å². The van der Waals surface area contributed by atoms with Crippen LogP contribution in [0.1, 0.15) is 12.6 Å². The van der Waals surface area contributed by atoms with Gasteiger partial charge in [0.2, 0.25) is 10.0 Å². The molecule has 20 heavy (non-hydrogen) atoms. The molecule has 0 aliphatic rings. The van der Waals surface area contributed by atoms with Gasteiger partial charge in [0.15, 0.2) is 0 Å². The molecular weight excluding hydrogens is 342 g/mol. The molecule has 0 fully saturated rings. The molecule has 0 spiro atoms. The van der Waals surface area contributed by atoms with Crippen LogP contribution in [0.5, 0.6) is 0 Å². The predicted octanol–water partition coefficient (Wildman–Crippen LogP) is 2.49. The fourth-order valence-corrected chi connectivity index (χ4v) is 3.37. The number of rotatable bonds is 5. The summed E-state index contributed by atoms with van der Waals surface area (Å²) in [5, 5.41) is 4.34. The summed E-state index contributed by atoms with van der Waals surface area (Å²) in [6.45, 7) is 2.95. The van der Waals surface area contributed by atoms with Gasteiger partial charge in [0.1, 0.15) is 0 Å². The molecule has 0 N–H and O–H groups in total. The second-order valence-corrected chi connectivity index (χ2v) is 7.25. The molecule has 1 heterocycles. The van der Waals surface area contributed by atoms with Gasteiger partial charge in [-0.3, -0.25) is 4.68 Å². The molecule has 108 valence electrons. The molecular formula is C13H16BrN3O2S. The van der Waals surface area contributed by atoms with Crippen molar-refractivity contribution in [2.24, 2.45) is 0 Å². The van der Waals surface area contributed by atoms with Crippen molar-refractivity contribution in [3.8, 4) is 0 Å². The minimum Gasteiger partial charge on any atom is -0.272 e. The maximum atomic E-state index is 12.4. The number of halogens is 1. The Bertz CT molecular complexity index is 683. The number of nitrogens with zero attached hydrogens (tertiary/aromatic N) is 3. The minimum absolute atomic E-state index is 0.227. The Labute approximate surface area is 127 Å². The summed E-state index contributed by atoms with van der Waals surface area (Å²) in [6, 6.07) is 8.39. The second-order valence-electron chi connectivity index (χ2n) is 4.35. The standard InChI is InChI=1S/C13H16BrN3O2S/c1-3-17-9-12(14)13(15-17)10-16(2)20(18,19)11-7-5-4-6-8-11/h4-9H,3,10H2,1-2H3. The van der Waals surface area contributed by atoms with E-state index in [0.717, 1.165) is 11.0 Å². The van der Waals surface area contributed by atoms with E-state index < -0.39 is 10.0 Å². The third-order valence-electron chi connectivity index (χ3n) is 2.94. The van der Waals surface area contributed by atoms with Crippen LogP contribution in [0, 0.1) is 0 Å². The summed E-state index contributed by atoms with van der Waals surface area (Å²) in [6.07, 6.45) is 1.85. The Hall–Kier alpha value is -1.18. The van der Waals surface area contributed by atoms with Crippen LogP contribution >= 0.6 is 15.9 Å². The van der Waals surface area contributed by atoms with Crippen molar-refractivity contribution in [3.63, 3.8) is 0 Å². The highest BCUT2D eigenvalue weighted by Crippen LogP contribution is 2.20. The smallest absolute Gasteiger partial charge is 0.243 e. The van der Waals surface area contributed by atoms with E-state index in [1.807, 2.05) is 13.1 Å². The van der Waals surface area contributed by atoms with E-state index in [4.69, 9.17) is 0 Å². The number of aryl methyl sites for hydroxylation is 1. The average Bonchev–Trinajstić information content (AvgIpc) is 2.80. The molecule has 0 amide bonds. The number of benzene rings is 1. The van der Waals surface area contributed by atoms with E-state index in [-0.39, 0.29) is 11.4 Å². The summed E-state index contributed by atoms with van der Waals surface area (Å²) < 4.78 is 28.7. The maximum Gasteiger partial charge on any atom is 0.243 e. The minimum atomic E-state index is -3.49. The van der Waals surface area contributed by atoms with Crippen molar-refractivity contribution >= 4 is 26.0 Å². The zero-order chi connectivity index (χ0) is 14.8. The van der Waals surface area contributed by atoms with Gasteiger partial charge in [-0.15, -0.1) is 0 Å². The van der Waals surface area contributed by atoms with Gasteiger partial charge in [0.25, 0.3) is 0 Å². The van der Waals surface area contributed by atoms with E-state index in [2.05, 4.69) is 21.0 Å². The van der Waals surface area contributed by atoms with Crippen molar-refractivity contribution in [1.29, 1.82) is 0 Å².